The lowest BCUT2D eigenvalue weighted by molar-refractivity contribution is -0.385. The summed E-state index contributed by atoms with van der Waals surface area (Å²) in [6.45, 7) is 5.72. The Bertz CT molecular complexity index is 757. The van der Waals surface area contributed by atoms with Crippen LogP contribution in [0.1, 0.15) is 21.8 Å². The van der Waals surface area contributed by atoms with Crippen molar-refractivity contribution in [1.29, 1.82) is 0 Å². The number of nitrogens with one attached hydrogen (secondary N) is 1. The summed E-state index contributed by atoms with van der Waals surface area (Å²) in [6.07, 6.45) is 0. The molecule has 0 saturated carbocycles. The maximum Gasteiger partial charge on any atom is 0.321 e. The third-order valence-electron chi connectivity index (χ3n) is 3.49. The first-order valence-electron chi connectivity index (χ1n) is 6.97. The predicted octanol–water partition coefficient (Wildman–Crippen LogP) is 3.64. The number of thiazole rings is 1. The second-order valence-corrected chi connectivity index (χ2v) is 6.36. The highest BCUT2D eigenvalue weighted by atomic mass is 32.1. The van der Waals surface area contributed by atoms with Crippen molar-refractivity contribution in [2.24, 2.45) is 0 Å². The molecule has 2 rings (SSSR count). The Morgan fingerprint density at radius 2 is 2.09 bits per heavy atom. The summed E-state index contributed by atoms with van der Waals surface area (Å²) in [5.74, 6) is 0. The van der Waals surface area contributed by atoms with E-state index in [-0.39, 0.29) is 11.7 Å². The number of carbonyl (C=O) groups excluding carboxylic acids is 1. The Balaban J connectivity index is 2.16. The summed E-state index contributed by atoms with van der Waals surface area (Å²) < 4.78 is 0. The number of hydrogen-bond donors (Lipinski definition) is 1. The Morgan fingerprint density at radius 1 is 1.39 bits per heavy atom. The van der Waals surface area contributed by atoms with Crippen molar-refractivity contribution >= 4 is 28.7 Å². The minimum absolute atomic E-state index is 0.0105. The van der Waals surface area contributed by atoms with Crippen LogP contribution in [0.25, 0.3) is 0 Å². The average Bonchev–Trinajstić information content (AvgIpc) is 2.87. The van der Waals surface area contributed by atoms with E-state index < -0.39 is 4.92 Å². The zero-order valence-corrected chi connectivity index (χ0v) is 14.2. The lowest BCUT2D eigenvalue weighted by Gasteiger charge is -2.19. The first kappa shape index (κ1) is 16.9. The number of urea groups is 1. The van der Waals surface area contributed by atoms with Crippen LogP contribution >= 0.6 is 11.3 Å². The lowest BCUT2D eigenvalue weighted by Crippen LogP contribution is -2.31. The molecule has 0 radical (unpaired) electrons. The molecule has 0 aliphatic heterocycles. The Labute approximate surface area is 138 Å². The summed E-state index contributed by atoms with van der Waals surface area (Å²) in [5.41, 5.74) is 2.51. The number of nitro groups is 1. The van der Waals surface area contributed by atoms with Crippen LogP contribution in [0.3, 0.4) is 0 Å². The van der Waals surface area contributed by atoms with Gasteiger partial charge in [0.25, 0.3) is 5.69 Å². The first-order valence-corrected chi connectivity index (χ1v) is 7.85. The zero-order chi connectivity index (χ0) is 17.1. The molecule has 0 aliphatic carbocycles. The molecular weight excluding hydrogens is 316 g/mol. The molecule has 0 bridgehead atoms. The van der Waals surface area contributed by atoms with Crippen molar-refractivity contribution in [3.8, 4) is 0 Å². The molecule has 0 atom stereocenters. The molecule has 1 aromatic carbocycles. The van der Waals surface area contributed by atoms with Gasteiger partial charge in [-0.2, -0.15) is 0 Å². The average molecular weight is 334 g/mol. The summed E-state index contributed by atoms with van der Waals surface area (Å²) in [4.78, 5) is 28.7. The molecule has 1 aromatic heterocycles. The molecule has 1 N–H and O–H groups in total. The van der Waals surface area contributed by atoms with Crippen LogP contribution in [0.4, 0.5) is 16.2 Å². The predicted molar refractivity (Wildman–Crippen MR) is 89.9 cm³/mol. The number of nitrogens with zero attached hydrogens (tertiary/aromatic N) is 3. The fraction of sp³-hybridized carbons (Fsp3) is 0.333. The second-order valence-electron chi connectivity index (χ2n) is 5.30. The van der Waals surface area contributed by atoms with Crippen LogP contribution < -0.4 is 5.32 Å². The smallest absolute Gasteiger partial charge is 0.321 e. The van der Waals surface area contributed by atoms with Gasteiger partial charge in [0.2, 0.25) is 0 Å². The summed E-state index contributed by atoms with van der Waals surface area (Å²) in [6, 6.07) is 2.74. The minimum Gasteiger partial charge on any atom is -0.322 e. The van der Waals surface area contributed by atoms with Crippen molar-refractivity contribution in [2.45, 2.75) is 27.3 Å². The van der Waals surface area contributed by atoms with Gasteiger partial charge in [0.15, 0.2) is 0 Å². The van der Waals surface area contributed by atoms with Gasteiger partial charge in [-0.3, -0.25) is 10.1 Å². The fourth-order valence-electron chi connectivity index (χ4n) is 2.22. The van der Waals surface area contributed by atoms with Gasteiger partial charge in [-0.1, -0.05) is 6.07 Å². The number of amides is 2. The van der Waals surface area contributed by atoms with Crippen molar-refractivity contribution < 1.29 is 9.72 Å². The number of aromatic nitrogens is 1. The molecule has 0 unspecified atom stereocenters. The number of aryl methyl sites for hydroxylation is 2. The number of nitro benzene ring substituents is 1. The van der Waals surface area contributed by atoms with E-state index in [1.807, 2.05) is 12.3 Å². The topological polar surface area (TPSA) is 88.4 Å². The molecule has 0 aliphatic rings. The van der Waals surface area contributed by atoms with Crippen LogP contribution in [0, 0.1) is 30.9 Å². The Hall–Kier alpha value is -2.48. The molecule has 2 amide bonds. The van der Waals surface area contributed by atoms with Gasteiger partial charge in [-0.05, 0) is 26.3 Å². The number of hydrogen-bond acceptors (Lipinski definition) is 5. The van der Waals surface area contributed by atoms with E-state index in [1.165, 1.54) is 22.3 Å². The molecule has 7 nitrogen and oxygen atoms in total. The fourth-order valence-corrected chi connectivity index (χ4v) is 2.83. The highest BCUT2D eigenvalue weighted by Gasteiger charge is 2.19. The quantitative estimate of drug-likeness (QED) is 0.683. The number of anilines is 1. The van der Waals surface area contributed by atoms with Crippen molar-refractivity contribution in [1.82, 2.24) is 9.88 Å². The van der Waals surface area contributed by atoms with E-state index in [0.29, 0.717) is 17.8 Å². The summed E-state index contributed by atoms with van der Waals surface area (Å²) in [5, 5.41) is 16.6. The molecule has 0 spiro atoms. The summed E-state index contributed by atoms with van der Waals surface area (Å²) in [7, 11) is 1.66. The van der Waals surface area contributed by atoms with Crippen LogP contribution in [0.2, 0.25) is 0 Å². The van der Waals surface area contributed by atoms with E-state index in [2.05, 4.69) is 10.3 Å². The van der Waals surface area contributed by atoms with E-state index >= 15 is 0 Å². The first-order chi connectivity index (χ1) is 10.8. The van der Waals surface area contributed by atoms with Crippen molar-refractivity contribution in [3.05, 3.63) is 49.5 Å². The Morgan fingerprint density at radius 3 is 2.65 bits per heavy atom. The second kappa shape index (κ2) is 6.74. The highest BCUT2D eigenvalue weighted by molar-refractivity contribution is 7.09. The SMILES string of the molecule is Cc1nc(CN(C)C(=O)Nc2c(C)ccc([N+](=O)[O-])c2C)cs1. The Kier molecular flexibility index (Phi) is 4.95. The zero-order valence-electron chi connectivity index (χ0n) is 13.4. The molecular formula is C15H18N4O3S. The molecule has 0 saturated heterocycles. The number of carbonyl (C=O) groups is 1. The molecule has 122 valence electrons. The van der Waals surface area contributed by atoms with Crippen LogP contribution in [-0.4, -0.2) is 27.9 Å². The maximum atomic E-state index is 12.3. The minimum atomic E-state index is -0.452. The van der Waals surface area contributed by atoms with Gasteiger partial charge in [-0.25, -0.2) is 9.78 Å². The molecule has 1 heterocycles. The highest BCUT2D eigenvalue weighted by Crippen LogP contribution is 2.29. The standard InChI is InChI=1S/C15H18N4O3S/c1-9-5-6-13(19(21)22)10(2)14(9)17-15(20)18(4)7-12-8-23-11(3)16-12/h5-6,8H,7H2,1-4H3,(H,17,20). The molecule has 0 fully saturated rings. The van der Waals surface area contributed by atoms with E-state index in [9.17, 15) is 14.9 Å². The van der Waals surface area contributed by atoms with Gasteiger partial charge in [0, 0.05) is 18.5 Å². The molecule has 2 aromatic rings. The molecule has 8 heteroatoms. The maximum absolute atomic E-state index is 12.3. The monoisotopic (exact) mass is 334 g/mol. The van der Waals surface area contributed by atoms with Gasteiger partial charge >= 0.3 is 6.03 Å². The lowest BCUT2D eigenvalue weighted by atomic mass is 10.1. The largest absolute Gasteiger partial charge is 0.322 e. The van der Waals surface area contributed by atoms with E-state index in [1.54, 1.807) is 27.0 Å². The normalized spacial score (nSPS) is 10.4. The van der Waals surface area contributed by atoms with Gasteiger partial charge in [0.05, 0.1) is 33.4 Å². The third-order valence-corrected chi connectivity index (χ3v) is 4.31. The van der Waals surface area contributed by atoms with E-state index in [0.717, 1.165) is 16.3 Å². The number of benzene rings is 1. The summed E-state index contributed by atoms with van der Waals surface area (Å²) >= 11 is 1.53. The van der Waals surface area contributed by atoms with Crippen molar-refractivity contribution in [3.63, 3.8) is 0 Å². The van der Waals surface area contributed by atoms with Crippen LogP contribution in [0.15, 0.2) is 17.5 Å². The third kappa shape index (κ3) is 3.84. The van der Waals surface area contributed by atoms with Gasteiger partial charge in [0.1, 0.15) is 0 Å². The number of rotatable bonds is 4. The van der Waals surface area contributed by atoms with Crippen LogP contribution in [0.5, 0.6) is 0 Å². The van der Waals surface area contributed by atoms with Crippen molar-refractivity contribution in [2.75, 3.05) is 12.4 Å². The van der Waals surface area contributed by atoms with Gasteiger partial charge in [-0.15, -0.1) is 11.3 Å². The molecule has 23 heavy (non-hydrogen) atoms. The van der Waals surface area contributed by atoms with E-state index in [4.69, 9.17) is 0 Å². The van der Waals surface area contributed by atoms with Gasteiger partial charge < -0.3 is 10.2 Å². The van der Waals surface area contributed by atoms with Crippen LogP contribution in [-0.2, 0) is 6.54 Å².